The van der Waals surface area contributed by atoms with Crippen molar-refractivity contribution < 1.29 is 4.74 Å². The number of methoxy groups -OCH3 is 1. The predicted octanol–water partition coefficient (Wildman–Crippen LogP) is 2.87. The molecule has 0 N–H and O–H groups in total. The SMILES string of the molecule is CCc1c(C)ccc(OC)c1C. The van der Waals surface area contributed by atoms with E-state index in [0.717, 1.165) is 12.2 Å². The number of hydrogen-bond donors (Lipinski definition) is 0. The van der Waals surface area contributed by atoms with E-state index in [2.05, 4.69) is 26.8 Å². The van der Waals surface area contributed by atoms with Crippen LogP contribution in [0.1, 0.15) is 23.6 Å². The molecular weight excluding hydrogens is 148 g/mol. The maximum Gasteiger partial charge on any atom is 0.122 e. The minimum absolute atomic E-state index is 0.998. The largest absolute Gasteiger partial charge is 0.496 e. The van der Waals surface area contributed by atoms with Crippen molar-refractivity contribution in [3.63, 3.8) is 0 Å². The molecule has 0 atom stereocenters. The van der Waals surface area contributed by atoms with Gasteiger partial charge in [0.2, 0.25) is 0 Å². The van der Waals surface area contributed by atoms with Crippen LogP contribution in [0.15, 0.2) is 12.1 Å². The van der Waals surface area contributed by atoms with E-state index in [4.69, 9.17) is 4.74 Å². The molecule has 0 fully saturated rings. The maximum atomic E-state index is 5.24. The smallest absolute Gasteiger partial charge is 0.122 e. The first-order valence-electron chi connectivity index (χ1n) is 4.33. The summed E-state index contributed by atoms with van der Waals surface area (Å²) in [7, 11) is 1.72. The van der Waals surface area contributed by atoms with Gasteiger partial charge in [-0.05, 0) is 43.0 Å². The Hall–Kier alpha value is -0.980. The second-order valence-corrected chi connectivity index (χ2v) is 3.04. The van der Waals surface area contributed by atoms with Gasteiger partial charge in [0.25, 0.3) is 0 Å². The topological polar surface area (TPSA) is 9.23 Å². The summed E-state index contributed by atoms with van der Waals surface area (Å²) in [5, 5.41) is 0. The van der Waals surface area contributed by atoms with Gasteiger partial charge in [-0.3, -0.25) is 0 Å². The second kappa shape index (κ2) is 3.61. The summed E-state index contributed by atoms with van der Waals surface area (Å²) in [5.41, 5.74) is 4.05. The van der Waals surface area contributed by atoms with Crippen molar-refractivity contribution in [3.05, 3.63) is 28.8 Å². The molecule has 66 valence electrons. The highest BCUT2D eigenvalue weighted by atomic mass is 16.5. The van der Waals surface area contributed by atoms with Gasteiger partial charge in [-0.15, -0.1) is 0 Å². The van der Waals surface area contributed by atoms with Crippen LogP contribution in [0.2, 0.25) is 0 Å². The molecule has 0 saturated carbocycles. The number of hydrogen-bond acceptors (Lipinski definition) is 1. The zero-order chi connectivity index (χ0) is 9.14. The summed E-state index contributed by atoms with van der Waals surface area (Å²) >= 11 is 0. The zero-order valence-corrected chi connectivity index (χ0v) is 8.27. The Kier molecular flexibility index (Phi) is 2.74. The second-order valence-electron chi connectivity index (χ2n) is 3.04. The Morgan fingerprint density at radius 3 is 2.42 bits per heavy atom. The highest BCUT2D eigenvalue weighted by molar-refractivity contribution is 5.43. The molecule has 0 unspecified atom stereocenters. The Bertz CT molecular complexity index is 277. The Labute approximate surface area is 74.4 Å². The lowest BCUT2D eigenvalue weighted by atomic mass is 10.00. The molecular formula is C11H16O. The maximum absolute atomic E-state index is 5.24. The van der Waals surface area contributed by atoms with Crippen LogP contribution in [-0.4, -0.2) is 7.11 Å². The molecule has 0 aliphatic carbocycles. The number of rotatable bonds is 2. The van der Waals surface area contributed by atoms with Crippen molar-refractivity contribution in [1.82, 2.24) is 0 Å². The average molecular weight is 164 g/mol. The van der Waals surface area contributed by atoms with Gasteiger partial charge in [0, 0.05) is 0 Å². The van der Waals surface area contributed by atoms with Crippen LogP contribution in [0, 0.1) is 13.8 Å². The average Bonchev–Trinajstić information content (AvgIpc) is 2.06. The van der Waals surface area contributed by atoms with Crippen LogP contribution in [0.4, 0.5) is 0 Å². The lowest BCUT2D eigenvalue weighted by Crippen LogP contribution is -1.95. The Balaban J connectivity index is 3.24. The zero-order valence-electron chi connectivity index (χ0n) is 8.27. The molecule has 12 heavy (non-hydrogen) atoms. The van der Waals surface area contributed by atoms with Crippen molar-refractivity contribution >= 4 is 0 Å². The predicted molar refractivity (Wildman–Crippen MR) is 51.8 cm³/mol. The van der Waals surface area contributed by atoms with Gasteiger partial charge in [0.15, 0.2) is 0 Å². The summed E-state index contributed by atoms with van der Waals surface area (Å²) < 4.78 is 5.24. The lowest BCUT2D eigenvalue weighted by molar-refractivity contribution is 0.411. The van der Waals surface area contributed by atoms with Crippen LogP contribution >= 0.6 is 0 Å². The molecule has 1 rings (SSSR count). The first-order chi connectivity index (χ1) is 5.70. The highest BCUT2D eigenvalue weighted by Crippen LogP contribution is 2.24. The molecule has 1 heteroatoms. The van der Waals surface area contributed by atoms with Crippen LogP contribution < -0.4 is 4.74 Å². The van der Waals surface area contributed by atoms with E-state index in [1.54, 1.807) is 7.11 Å². The molecule has 0 heterocycles. The Morgan fingerprint density at radius 1 is 1.25 bits per heavy atom. The third kappa shape index (κ3) is 1.45. The molecule has 0 spiro atoms. The van der Waals surface area contributed by atoms with Crippen LogP contribution in [0.5, 0.6) is 5.75 Å². The van der Waals surface area contributed by atoms with Crippen molar-refractivity contribution in [3.8, 4) is 5.75 Å². The monoisotopic (exact) mass is 164 g/mol. The molecule has 1 nitrogen and oxygen atoms in total. The quantitative estimate of drug-likeness (QED) is 0.653. The van der Waals surface area contributed by atoms with E-state index in [1.807, 2.05) is 6.07 Å². The van der Waals surface area contributed by atoms with Crippen LogP contribution in [0.25, 0.3) is 0 Å². The lowest BCUT2D eigenvalue weighted by Gasteiger charge is -2.11. The summed E-state index contributed by atoms with van der Waals surface area (Å²) in [6, 6.07) is 4.15. The van der Waals surface area contributed by atoms with Gasteiger partial charge in [-0.1, -0.05) is 13.0 Å². The minimum atomic E-state index is 0.998. The first kappa shape index (κ1) is 9.11. The van der Waals surface area contributed by atoms with Crippen LogP contribution in [-0.2, 0) is 6.42 Å². The van der Waals surface area contributed by atoms with Gasteiger partial charge >= 0.3 is 0 Å². The van der Waals surface area contributed by atoms with Gasteiger partial charge in [-0.25, -0.2) is 0 Å². The summed E-state index contributed by atoms with van der Waals surface area (Å²) in [6.45, 7) is 6.44. The molecule has 0 aliphatic rings. The van der Waals surface area contributed by atoms with E-state index in [-0.39, 0.29) is 0 Å². The normalized spacial score (nSPS) is 10.0. The molecule has 1 aromatic carbocycles. The minimum Gasteiger partial charge on any atom is -0.496 e. The molecule has 0 bridgehead atoms. The number of ether oxygens (including phenoxy) is 1. The Morgan fingerprint density at radius 2 is 1.92 bits per heavy atom. The van der Waals surface area contributed by atoms with Crippen molar-refractivity contribution in [2.75, 3.05) is 7.11 Å². The van der Waals surface area contributed by atoms with Gasteiger partial charge in [0.1, 0.15) is 5.75 Å². The van der Waals surface area contributed by atoms with Gasteiger partial charge in [0.05, 0.1) is 7.11 Å². The molecule has 0 aliphatic heterocycles. The van der Waals surface area contributed by atoms with E-state index in [1.165, 1.54) is 16.7 Å². The number of aryl methyl sites for hydroxylation is 1. The number of benzene rings is 1. The third-order valence-electron chi connectivity index (χ3n) is 2.36. The van der Waals surface area contributed by atoms with E-state index < -0.39 is 0 Å². The van der Waals surface area contributed by atoms with E-state index in [0.29, 0.717) is 0 Å². The highest BCUT2D eigenvalue weighted by Gasteiger charge is 2.04. The molecule has 0 amide bonds. The fourth-order valence-corrected chi connectivity index (χ4v) is 1.64. The van der Waals surface area contributed by atoms with Crippen molar-refractivity contribution in [2.24, 2.45) is 0 Å². The van der Waals surface area contributed by atoms with Crippen LogP contribution in [0.3, 0.4) is 0 Å². The van der Waals surface area contributed by atoms with E-state index >= 15 is 0 Å². The molecule has 0 radical (unpaired) electrons. The molecule has 0 saturated heterocycles. The fourth-order valence-electron chi connectivity index (χ4n) is 1.64. The summed E-state index contributed by atoms with van der Waals surface area (Å²) in [4.78, 5) is 0. The van der Waals surface area contributed by atoms with E-state index in [9.17, 15) is 0 Å². The van der Waals surface area contributed by atoms with Gasteiger partial charge < -0.3 is 4.74 Å². The fraction of sp³-hybridized carbons (Fsp3) is 0.455. The third-order valence-corrected chi connectivity index (χ3v) is 2.36. The van der Waals surface area contributed by atoms with Gasteiger partial charge in [-0.2, -0.15) is 0 Å². The first-order valence-corrected chi connectivity index (χ1v) is 4.33. The van der Waals surface area contributed by atoms with Crippen molar-refractivity contribution in [1.29, 1.82) is 0 Å². The molecule has 0 aromatic heterocycles. The molecule has 1 aromatic rings. The van der Waals surface area contributed by atoms with Crippen molar-refractivity contribution in [2.45, 2.75) is 27.2 Å². The standard InChI is InChI=1S/C11H16O/c1-5-10-8(2)6-7-11(12-4)9(10)3/h6-7H,5H2,1-4H3. The summed E-state index contributed by atoms with van der Waals surface area (Å²) in [6.07, 6.45) is 1.08. The summed E-state index contributed by atoms with van der Waals surface area (Å²) in [5.74, 6) is 0.998.